The van der Waals surface area contributed by atoms with Gasteiger partial charge in [0, 0.05) is 24.7 Å². The number of carbonyl (C=O) groups excluding carboxylic acids is 1. The number of carboxylic acids is 1. The van der Waals surface area contributed by atoms with E-state index in [-0.39, 0.29) is 11.3 Å². The maximum absolute atomic E-state index is 11.8. The average Bonchev–Trinajstić information content (AvgIpc) is 2.82. The summed E-state index contributed by atoms with van der Waals surface area (Å²) in [4.78, 5) is 22.4. The van der Waals surface area contributed by atoms with Crippen LogP contribution in [0.3, 0.4) is 0 Å². The summed E-state index contributed by atoms with van der Waals surface area (Å²) >= 11 is 0. The van der Waals surface area contributed by atoms with E-state index in [1.807, 2.05) is 0 Å². The van der Waals surface area contributed by atoms with Gasteiger partial charge < -0.3 is 10.4 Å². The summed E-state index contributed by atoms with van der Waals surface area (Å²) in [5.74, 6) is -0.910. The summed E-state index contributed by atoms with van der Waals surface area (Å²) in [6.07, 6.45) is 3.97. The van der Waals surface area contributed by atoms with Gasteiger partial charge in [-0.05, 0) is 30.5 Å². The van der Waals surface area contributed by atoms with Crippen LogP contribution in [0, 0.1) is 0 Å². The van der Waals surface area contributed by atoms with Gasteiger partial charge in [-0.15, -0.1) is 0 Å². The lowest BCUT2D eigenvalue weighted by Gasteiger charge is -2.01. The van der Waals surface area contributed by atoms with Crippen molar-refractivity contribution in [3.8, 4) is 0 Å². The summed E-state index contributed by atoms with van der Waals surface area (Å²) in [5, 5.41) is 11.9. The first kappa shape index (κ1) is 12.4. The fraction of sp³-hybridized carbons (Fsp3) is 0.286. The highest BCUT2D eigenvalue weighted by atomic mass is 16.4. The molecule has 1 aliphatic heterocycles. The van der Waals surface area contributed by atoms with E-state index in [1.54, 1.807) is 18.2 Å². The Hall–Kier alpha value is -2.10. The van der Waals surface area contributed by atoms with Crippen LogP contribution in [0.15, 0.2) is 36.0 Å². The Morgan fingerprint density at radius 1 is 1.28 bits per heavy atom. The number of nitrogens with one attached hydrogen (secondary N) is 1. The molecule has 0 atom stereocenters. The average molecular weight is 245 g/mol. The molecule has 0 saturated carbocycles. The fourth-order valence-electron chi connectivity index (χ4n) is 1.95. The van der Waals surface area contributed by atoms with Gasteiger partial charge >= 0.3 is 5.97 Å². The van der Waals surface area contributed by atoms with E-state index in [9.17, 15) is 9.59 Å². The van der Waals surface area contributed by atoms with Crippen molar-refractivity contribution in [2.75, 3.05) is 6.54 Å². The molecule has 0 aromatic heterocycles. The summed E-state index contributed by atoms with van der Waals surface area (Å²) < 4.78 is 0. The van der Waals surface area contributed by atoms with Crippen LogP contribution in [0.5, 0.6) is 0 Å². The van der Waals surface area contributed by atoms with Crippen molar-refractivity contribution in [1.29, 1.82) is 0 Å². The van der Waals surface area contributed by atoms with E-state index < -0.39 is 5.97 Å². The van der Waals surface area contributed by atoms with Gasteiger partial charge in [0.1, 0.15) is 0 Å². The van der Waals surface area contributed by atoms with Crippen LogP contribution in [0.4, 0.5) is 0 Å². The molecule has 1 aromatic carbocycles. The standard InChI is InChI=1S/C14H15NO3/c16-13(9-12-2-1-7-15-12)8-10-3-5-11(6-4-10)14(17)18/h3-6,9,15H,1-2,7-8H2,(H,17,18)/b12-9-. The molecule has 0 unspecified atom stereocenters. The molecule has 1 fully saturated rings. The minimum atomic E-state index is -0.954. The second-order valence-electron chi connectivity index (χ2n) is 4.35. The molecule has 2 rings (SSSR count). The second kappa shape index (κ2) is 5.49. The number of ketones is 1. The first-order valence-corrected chi connectivity index (χ1v) is 5.94. The Labute approximate surface area is 105 Å². The lowest BCUT2D eigenvalue weighted by atomic mass is 10.1. The van der Waals surface area contributed by atoms with Crippen LogP contribution >= 0.6 is 0 Å². The van der Waals surface area contributed by atoms with Gasteiger partial charge in [-0.2, -0.15) is 0 Å². The van der Waals surface area contributed by atoms with Crippen LogP contribution in [0.2, 0.25) is 0 Å². The van der Waals surface area contributed by atoms with Crippen molar-refractivity contribution in [3.63, 3.8) is 0 Å². The monoisotopic (exact) mass is 245 g/mol. The Morgan fingerprint density at radius 2 is 2.00 bits per heavy atom. The first-order valence-electron chi connectivity index (χ1n) is 5.94. The minimum Gasteiger partial charge on any atom is -0.478 e. The van der Waals surface area contributed by atoms with Crippen LogP contribution in [0.1, 0.15) is 28.8 Å². The molecule has 4 heteroatoms. The molecule has 2 N–H and O–H groups in total. The van der Waals surface area contributed by atoms with Crippen LogP contribution < -0.4 is 5.32 Å². The molecule has 0 amide bonds. The number of benzene rings is 1. The van der Waals surface area contributed by atoms with Crippen LogP contribution in [-0.4, -0.2) is 23.4 Å². The highest BCUT2D eigenvalue weighted by Crippen LogP contribution is 2.10. The van der Waals surface area contributed by atoms with Crippen molar-refractivity contribution < 1.29 is 14.7 Å². The van der Waals surface area contributed by atoms with Gasteiger partial charge in [0.2, 0.25) is 0 Å². The highest BCUT2D eigenvalue weighted by molar-refractivity contribution is 5.92. The molecule has 1 aliphatic rings. The normalized spacial score (nSPS) is 16.6. The largest absolute Gasteiger partial charge is 0.478 e. The predicted octanol–water partition coefficient (Wildman–Crippen LogP) is 1.76. The van der Waals surface area contributed by atoms with E-state index in [4.69, 9.17) is 5.11 Å². The first-order chi connectivity index (χ1) is 8.65. The van der Waals surface area contributed by atoms with E-state index in [0.29, 0.717) is 6.42 Å². The number of allylic oxidation sites excluding steroid dienone is 2. The Kier molecular flexibility index (Phi) is 3.77. The number of aromatic carboxylic acids is 1. The Morgan fingerprint density at radius 3 is 2.56 bits per heavy atom. The van der Waals surface area contributed by atoms with Crippen molar-refractivity contribution in [2.45, 2.75) is 19.3 Å². The van der Waals surface area contributed by atoms with Crippen molar-refractivity contribution in [3.05, 3.63) is 47.2 Å². The molecule has 94 valence electrons. The molecule has 0 spiro atoms. The van der Waals surface area contributed by atoms with E-state index in [2.05, 4.69) is 5.32 Å². The van der Waals surface area contributed by atoms with Crippen molar-refractivity contribution in [1.82, 2.24) is 5.32 Å². The lowest BCUT2D eigenvalue weighted by Crippen LogP contribution is -2.07. The Bertz CT molecular complexity index is 480. The van der Waals surface area contributed by atoms with Gasteiger partial charge in [-0.25, -0.2) is 4.79 Å². The molecular weight excluding hydrogens is 230 g/mol. The third kappa shape index (κ3) is 3.20. The summed E-state index contributed by atoms with van der Waals surface area (Å²) in [5.41, 5.74) is 2.07. The van der Waals surface area contributed by atoms with E-state index >= 15 is 0 Å². The maximum atomic E-state index is 11.8. The molecule has 1 saturated heterocycles. The molecule has 18 heavy (non-hydrogen) atoms. The summed E-state index contributed by atoms with van der Waals surface area (Å²) in [6, 6.07) is 6.40. The van der Waals surface area contributed by atoms with Crippen molar-refractivity contribution >= 4 is 11.8 Å². The highest BCUT2D eigenvalue weighted by Gasteiger charge is 2.08. The maximum Gasteiger partial charge on any atom is 0.335 e. The number of hydrogen-bond acceptors (Lipinski definition) is 3. The molecule has 4 nitrogen and oxygen atoms in total. The molecule has 0 bridgehead atoms. The van der Waals surface area contributed by atoms with Gasteiger partial charge in [-0.1, -0.05) is 12.1 Å². The quantitative estimate of drug-likeness (QED) is 0.793. The molecule has 1 heterocycles. The topological polar surface area (TPSA) is 66.4 Å². The third-order valence-corrected chi connectivity index (χ3v) is 2.89. The van der Waals surface area contributed by atoms with E-state index in [0.717, 1.165) is 30.6 Å². The Balaban J connectivity index is 1.98. The zero-order valence-electron chi connectivity index (χ0n) is 9.98. The molecule has 0 radical (unpaired) electrons. The molecule has 1 aromatic rings. The molecular formula is C14H15NO3. The van der Waals surface area contributed by atoms with Crippen LogP contribution in [0.25, 0.3) is 0 Å². The van der Waals surface area contributed by atoms with Crippen LogP contribution in [-0.2, 0) is 11.2 Å². The SMILES string of the molecule is O=C(/C=C1/CCCN1)Cc1ccc(C(=O)O)cc1. The third-order valence-electron chi connectivity index (χ3n) is 2.89. The lowest BCUT2D eigenvalue weighted by molar-refractivity contribution is -0.114. The number of carboxylic acid groups (broad SMARTS) is 1. The van der Waals surface area contributed by atoms with Gasteiger partial charge in [0.25, 0.3) is 0 Å². The summed E-state index contributed by atoms with van der Waals surface area (Å²) in [7, 11) is 0. The van der Waals surface area contributed by atoms with Gasteiger partial charge in [0.05, 0.1) is 5.56 Å². The predicted molar refractivity (Wildman–Crippen MR) is 67.4 cm³/mol. The minimum absolute atomic E-state index is 0.0440. The van der Waals surface area contributed by atoms with Gasteiger partial charge in [0.15, 0.2) is 5.78 Å². The zero-order chi connectivity index (χ0) is 13.0. The number of hydrogen-bond donors (Lipinski definition) is 2. The van der Waals surface area contributed by atoms with E-state index in [1.165, 1.54) is 12.1 Å². The smallest absolute Gasteiger partial charge is 0.335 e. The fourth-order valence-corrected chi connectivity index (χ4v) is 1.95. The zero-order valence-corrected chi connectivity index (χ0v) is 9.98. The second-order valence-corrected chi connectivity index (χ2v) is 4.35. The summed E-state index contributed by atoms with van der Waals surface area (Å²) in [6.45, 7) is 0.937. The molecule has 0 aliphatic carbocycles. The number of carbonyl (C=O) groups is 2. The number of rotatable bonds is 4. The van der Waals surface area contributed by atoms with Gasteiger partial charge in [-0.3, -0.25) is 4.79 Å². The van der Waals surface area contributed by atoms with Crippen molar-refractivity contribution in [2.24, 2.45) is 0 Å².